The second kappa shape index (κ2) is 6.03. The van der Waals surface area contributed by atoms with Crippen molar-refractivity contribution in [1.29, 1.82) is 0 Å². The molecule has 2 aromatic carbocycles. The van der Waals surface area contributed by atoms with E-state index in [1.165, 1.54) is 18.2 Å². The summed E-state index contributed by atoms with van der Waals surface area (Å²) < 4.78 is 68.0. The van der Waals surface area contributed by atoms with Gasteiger partial charge < -0.3 is 0 Å². The third kappa shape index (κ3) is 2.54. The summed E-state index contributed by atoms with van der Waals surface area (Å²) in [6.45, 7) is 1.76. The molecule has 0 atom stereocenters. The first-order valence-electron chi connectivity index (χ1n) is 6.95. The molecule has 24 heavy (non-hydrogen) atoms. The number of halogens is 5. The van der Waals surface area contributed by atoms with E-state index in [0.29, 0.717) is 11.3 Å². The van der Waals surface area contributed by atoms with Crippen LogP contribution in [0.5, 0.6) is 0 Å². The molecule has 122 valence electrons. The second-order valence-corrected chi connectivity index (χ2v) is 5.19. The molecule has 0 spiro atoms. The summed E-state index contributed by atoms with van der Waals surface area (Å²) in [6.07, 6.45) is 1.54. The number of nitrogens with zero attached hydrogens (tertiary/aromatic N) is 1. The van der Waals surface area contributed by atoms with Gasteiger partial charge in [0.1, 0.15) is 0 Å². The molecule has 0 aliphatic rings. The summed E-state index contributed by atoms with van der Waals surface area (Å²) in [5.74, 6) is -9.83. The fraction of sp³-hybridized carbons (Fsp3) is 0.0556. The average molecular weight is 335 g/mol. The normalized spacial score (nSPS) is 10.9. The van der Waals surface area contributed by atoms with Crippen molar-refractivity contribution in [3.05, 3.63) is 77.2 Å². The van der Waals surface area contributed by atoms with Crippen LogP contribution < -0.4 is 0 Å². The molecule has 0 aliphatic heterocycles. The quantitative estimate of drug-likeness (QED) is 0.346. The maximum Gasteiger partial charge on any atom is 0.200 e. The van der Waals surface area contributed by atoms with Crippen molar-refractivity contribution >= 4 is 0 Å². The summed E-state index contributed by atoms with van der Waals surface area (Å²) in [4.78, 5) is 4.14. The Kier molecular flexibility index (Phi) is 4.05. The third-order valence-electron chi connectivity index (χ3n) is 3.68. The van der Waals surface area contributed by atoms with Crippen LogP contribution in [0.15, 0.2) is 42.6 Å². The maximum absolute atomic E-state index is 14.0. The van der Waals surface area contributed by atoms with Crippen LogP contribution >= 0.6 is 0 Å². The van der Waals surface area contributed by atoms with Crippen LogP contribution in [0.1, 0.15) is 5.56 Å². The van der Waals surface area contributed by atoms with Gasteiger partial charge in [-0.2, -0.15) is 0 Å². The Morgan fingerprint density at radius 3 is 1.96 bits per heavy atom. The summed E-state index contributed by atoms with van der Waals surface area (Å²) in [6, 6.07) is 9.32. The molecular weight excluding hydrogens is 325 g/mol. The van der Waals surface area contributed by atoms with E-state index < -0.39 is 34.6 Å². The Balaban J connectivity index is 2.26. The molecule has 0 saturated carbocycles. The van der Waals surface area contributed by atoms with E-state index in [2.05, 4.69) is 4.98 Å². The lowest BCUT2D eigenvalue weighted by Crippen LogP contribution is -2.04. The van der Waals surface area contributed by atoms with Gasteiger partial charge in [0.25, 0.3) is 0 Å². The van der Waals surface area contributed by atoms with Crippen molar-refractivity contribution in [1.82, 2.24) is 4.98 Å². The summed E-state index contributed by atoms with van der Waals surface area (Å²) in [5.41, 5.74) is 0.747. The Morgan fingerprint density at radius 2 is 1.38 bits per heavy atom. The van der Waals surface area contributed by atoms with Crippen LogP contribution in [0.25, 0.3) is 22.4 Å². The number of hydrogen-bond donors (Lipinski definition) is 0. The van der Waals surface area contributed by atoms with E-state index in [4.69, 9.17) is 0 Å². The molecule has 0 fully saturated rings. The molecule has 0 radical (unpaired) electrons. The van der Waals surface area contributed by atoms with Gasteiger partial charge in [-0.1, -0.05) is 18.2 Å². The highest BCUT2D eigenvalue weighted by Gasteiger charge is 2.26. The molecule has 0 bridgehead atoms. The molecule has 1 nitrogen and oxygen atoms in total. The first-order valence-corrected chi connectivity index (χ1v) is 6.95. The lowest BCUT2D eigenvalue weighted by Gasteiger charge is -2.11. The maximum atomic E-state index is 14.0. The lowest BCUT2D eigenvalue weighted by molar-refractivity contribution is 0.381. The van der Waals surface area contributed by atoms with Gasteiger partial charge in [0.2, 0.25) is 5.82 Å². The number of aromatic nitrogens is 1. The Labute approximate surface area is 134 Å². The van der Waals surface area contributed by atoms with Gasteiger partial charge in [0.05, 0.1) is 11.3 Å². The van der Waals surface area contributed by atoms with Crippen molar-refractivity contribution in [2.45, 2.75) is 6.92 Å². The van der Waals surface area contributed by atoms with Crippen LogP contribution in [-0.2, 0) is 0 Å². The topological polar surface area (TPSA) is 12.9 Å². The van der Waals surface area contributed by atoms with E-state index in [1.807, 2.05) is 0 Å². The first-order chi connectivity index (χ1) is 11.4. The van der Waals surface area contributed by atoms with Crippen molar-refractivity contribution in [2.24, 2.45) is 0 Å². The fourth-order valence-corrected chi connectivity index (χ4v) is 2.43. The van der Waals surface area contributed by atoms with E-state index in [-0.39, 0.29) is 5.56 Å². The van der Waals surface area contributed by atoms with Gasteiger partial charge >= 0.3 is 0 Å². The molecular formula is C18H10F5N. The molecule has 0 N–H and O–H groups in total. The van der Waals surface area contributed by atoms with E-state index >= 15 is 0 Å². The molecule has 3 rings (SSSR count). The zero-order chi connectivity index (χ0) is 17.4. The van der Waals surface area contributed by atoms with Gasteiger partial charge in [-0.05, 0) is 36.2 Å². The Morgan fingerprint density at radius 1 is 0.750 bits per heavy atom. The monoisotopic (exact) mass is 335 g/mol. The largest absolute Gasteiger partial charge is 0.256 e. The first kappa shape index (κ1) is 16.1. The second-order valence-electron chi connectivity index (χ2n) is 5.19. The zero-order valence-corrected chi connectivity index (χ0v) is 12.4. The van der Waals surface area contributed by atoms with E-state index in [1.54, 1.807) is 31.3 Å². The molecule has 1 heterocycles. The van der Waals surface area contributed by atoms with Crippen LogP contribution in [0.2, 0.25) is 0 Å². The van der Waals surface area contributed by atoms with Crippen LogP contribution in [0.3, 0.4) is 0 Å². The smallest absolute Gasteiger partial charge is 0.200 e. The predicted octanol–water partition coefficient (Wildman–Crippen LogP) is 5.42. The molecule has 0 aliphatic carbocycles. The van der Waals surface area contributed by atoms with Gasteiger partial charge in [-0.15, -0.1) is 0 Å². The minimum atomic E-state index is -2.18. The molecule has 6 heteroatoms. The Hall–Kier alpha value is -2.76. The molecule has 0 amide bonds. The van der Waals surface area contributed by atoms with Crippen molar-refractivity contribution in [2.75, 3.05) is 0 Å². The van der Waals surface area contributed by atoms with Crippen LogP contribution in [0.4, 0.5) is 22.0 Å². The standard InChI is InChI=1S/C18H10F5N/c1-9-5-6-10(8-11(9)12-4-2-3-7-24-12)13-14(19)16(21)18(23)17(22)15(13)20/h2-8H,1H3. The SMILES string of the molecule is Cc1ccc(-c2c(F)c(F)c(F)c(F)c2F)cc1-c1ccccn1. The molecule has 3 aromatic rings. The summed E-state index contributed by atoms with van der Waals surface area (Å²) in [7, 11) is 0. The highest BCUT2D eigenvalue weighted by Crippen LogP contribution is 2.34. The number of aryl methyl sites for hydroxylation is 1. The predicted molar refractivity (Wildman–Crippen MR) is 79.6 cm³/mol. The van der Waals surface area contributed by atoms with E-state index in [9.17, 15) is 22.0 Å². The fourth-order valence-electron chi connectivity index (χ4n) is 2.43. The van der Waals surface area contributed by atoms with Gasteiger partial charge in [0.15, 0.2) is 23.3 Å². The van der Waals surface area contributed by atoms with Crippen molar-refractivity contribution < 1.29 is 22.0 Å². The van der Waals surface area contributed by atoms with Gasteiger partial charge in [-0.3, -0.25) is 4.98 Å². The number of hydrogen-bond acceptors (Lipinski definition) is 1. The minimum absolute atomic E-state index is 0.117. The molecule has 0 saturated heterocycles. The number of benzene rings is 2. The van der Waals surface area contributed by atoms with E-state index in [0.717, 1.165) is 5.56 Å². The lowest BCUT2D eigenvalue weighted by atomic mass is 9.96. The number of pyridine rings is 1. The van der Waals surface area contributed by atoms with Gasteiger partial charge in [-0.25, -0.2) is 22.0 Å². The molecule has 1 aromatic heterocycles. The average Bonchev–Trinajstić information content (AvgIpc) is 2.60. The van der Waals surface area contributed by atoms with Gasteiger partial charge in [0, 0.05) is 11.8 Å². The summed E-state index contributed by atoms with van der Waals surface area (Å²) in [5, 5.41) is 0. The van der Waals surface area contributed by atoms with Crippen LogP contribution in [0, 0.1) is 36.0 Å². The van der Waals surface area contributed by atoms with Crippen molar-refractivity contribution in [3.63, 3.8) is 0 Å². The van der Waals surface area contributed by atoms with Crippen molar-refractivity contribution in [3.8, 4) is 22.4 Å². The van der Waals surface area contributed by atoms with Crippen LogP contribution in [-0.4, -0.2) is 4.98 Å². The zero-order valence-electron chi connectivity index (χ0n) is 12.4. The summed E-state index contributed by atoms with van der Waals surface area (Å²) >= 11 is 0. The third-order valence-corrected chi connectivity index (χ3v) is 3.68. The Bertz CT molecular complexity index is 893. The number of rotatable bonds is 2. The molecule has 0 unspecified atom stereocenters. The highest BCUT2D eigenvalue weighted by molar-refractivity contribution is 5.74. The highest BCUT2D eigenvalue weighted by atomic mass is 19.2. The minimum Gasteiger partial charge on any atom is -0.256 e.